The van der Waals surface area contributed by atoms with Crippen molar-refractivity contribution in [1.82, 2.24) is 10.2 Å². The van der Waals surface area contributed by atoms with Gasteiger partial charge in [-0.15, -0.1) is 11.8 Å². The summed E-state index contributed by atoms with van der Waals surface area (Å²) in [7, 11) is 0. The largest absolute Gasteiger partial charge is 0.480 e. The van der Waals surface area contributed by atoms with Gasteiger partial charge in [-0.3, -0.25) is 4.79 Å². The van der Waals surface area contributed by atoms with Crippen LogP contribution in [0, 0.1) is 0 Å². The molecule has 0 saturated carbocycles. The minimum Gasteiger partial charge on any atom is -0.480 e. The summed E-state index contributed by atoms with van der Waals surface area (Å²) in [5.74, 6) is -1.17. The van der Waals surface area contributed by atoms with Crippen LogP contribution in [0.4, 0.5) is 4.79 Å². The molecule has 1 aliphatic heterocycles. The van der Waals surface area contributed by atoms with E-state index < -0.39 is 23.6 Å². The van der Waals surface area contributed by atoms with E-state index >= 15 is 0 Å². The summed E-state index contributed by atoms with van der Waals surface area (Å²) < 4.78 is 5.67. The number of ether oxygens (including phenoxy) is 1. The molecule has 1 saturated heterocycles. The predicted octanol–water partition coefficient (Wildman–Crippen LogP) is 4.46. The molecule has 4 rings (SSSR count). The molecule has 2 aromatic rings. The van der Waals surface area contributed by atoms with Crippen LogP contribution in [-0.2, 0) is 14.3 Å². The predicted molar refractivity (Wildman–Crippen MR) is 132 cm³/mol. The highest BCUT2D eigenvalue weighted by Crippen LogP contribution is 2.44. The number of nitrogens with one attached hydrogen (secondary N) is 1. The van der Waals surface area contributed by atoms with Crippen molar-refractivity contribution in [1.29, 1.82) is 0 Å². The number of amides is 2. The van der Waals surface area contributed by atoms with E-state index in [1.54, 1.807) is 0 Å². The van der Waals surface area contributed by atoms with Crippen LogP contribution in [0.2, 0.25) is 0 Å². The number of hydrogen-bond acceptors (Lipinski definition) is 5. The van der Waals surface area contributed by atoms with E-state index in [1.165, 1.54) is 16.7 Å². The van der Waals surface area contributed by atoms with Crippen molar-refractivity contribution in [2.45, 2.75) is 56.5 Å². The average molecular weight is 483 g/mol. The molecule has 2 amide bonds. The van der Waals surface area contributed by atoms with Crippen molar-refractivity contribution < 1.29 is 24.2 Å². The quantitative estimate of drug-likeness (QED) is 0.605. The van der Waals surface area contributed by atoms with E-state index in [9.17, 15) is 19.5 Å². The second kappa shape index (κ2) is 9.70. The number of aliphatic carboxylic acids is 1. The molecular formula is C26H30N2O5S. The number of carbonyl (C=O) groups is 3. The third-order valence-electron chi connectivity index (χ3n) is 7.04. The van der Waals surface area contributed by atoms with Crippen LogP contribution in [0.5, 0.6) is 0 Å². The lowest BCUT2D eigenvalue weighted by molar-refractivity contribution is -0.152. The Hall–Kier alpha value is -3.00. The Labute approximate surface area is 203 Å². The van der Waals surface area contributed by atoms with Gasteiger partial charge in [-0.25, -0.2) is 9.59 Å². The van der Waals surface area contributed by atoms with Gasteiger partial charge in [0.25, 0.3) is 0 Å². The molecule has 1 heterocycles. The van der Waals surface area contributed by atoms with Crippen LogP contribution in [0.25, 0.3) is 11.1 Å². The van der Waals surface area contributed by atoms with Gasteiger partial charge < -0.3 is 20.1 Å². The number of thioether (sulfide) groups is 1. The van der Waals surface area contributed by atoms with E-state index in [4.69, 9.17) is 4.74 Å². The maximum absolute atomic E-state index is 13.6. The molecule has 2 aliphatic rings. The Balaban J connectivity index is 1.50. The number of fused-ring (bicyclic) bond motifs is 3. The van der Waals surface area contributed by atoms with Crippen LogP contribution >= 0.6 is 11.8 Å². The fourth-order valence-corrected chi connectivity index (χ4v) is 6.17. The lowest BCUT2D eigenvalue weighted by Gasteiger charge is -2.37. The number of nitrogens with zero attached hydrogens (tertiary/aromatic N) is 1. The highest BCUT2D eigenvalue weighted by Gasteiger charge is 2.48. The smallest absolute Gasteiger partial charge is 0.408 e. The second-order valence-corrected chi connectivity index (χ2v) is 10.1. The van der Waals surface area contributed by atoms with Crippen molar-refractivity contribution in [3.8, 4) is 11.1 Å². The van der Waals surface area contributed by atoms with Gasteiger partial charge in [0, 0.05) is 11.7 Å². The second-order valence-electron chi connectivity index (χ2n) is 8.74. The summed E-state index contributed by atoms with van der Waals surface area (Å²) in [6, 6.07) is 15.3. The number of benzene rings is 2. The van der Waals surface area contributed by atoms with E-state index in [0.29, 0.717) is 18.6 Å². The molecule has 8 heteroatoms. The molecule has 34 heavy (non-hydrogen) atoms. The van der Waals surface area contributed by atoms with E-state index in [2.05, 4.69) is 17.4 Å². The minimum atomic E-state index is -1.23. The van der Waals surface area contributed by atoms with Gasteiger partial charge in [0.15, 0.2) is 0 Å². The molecule has 0 spiro atoms. The molecule has 1 fully saturated rings. The average Bonchev–Trinajstić information content (AvgIpc) is 3.39. The van der Waals surface area contributed by atoms with Crippen LogP contribution in [-0.4, -0.2) is 57.3 Å². The SMILES string of the molecule is CCC(CC)(NC(=O)OCC1c2ccccc2-c2ccccc21)C(=O)N1C(C)SCC1C(=O)O. The molecule has 2 unspecified atom stereocenters. The van der Waals surface area contributed by atoms with Crippen LogP contribution < -0.4 is 5.32 Å². The number of rotatable bonds is 7. The summed E-state index contributed by atoms with van der Waals surface area (Å²) in [5.41, 5.74) is 3.27. The van der Waals surface area contributed by atoms with Crippen LogP contribution in [0.3, 0.4) is 0 Å². The van der Waals surface area contributed by atoms with Crippen molar-refractivity contribution >= 4 is 29.7 Å². The van der Waals surface area contributed by atoms with Crippen molar-refractivity contribution in [2.75, 3.05) is 12.4 Å². The molecule has 0 bridgehead atoms. The maximum Gasteiger partial charge on any atom is 0.408 e. The van der Waals surface area contributed by atoms with Gasteiger partial charge in [-0.2, -0.15) is 0 Å². The normalized spacial score (nSPS) is 19.4. The van der Waals surface area contributed by atoms with Gasteiger partial charge in [-0.1, -0.05) is 62.4 Å². The number of alkyl carbamates (subject to hydrolysis) is 1. The monoisotopic (exact) mass is 482 g/mol. The standard InChI is InChI=1S/C26H30N2O5S/c1-4-26(5-2,24(31)28-16(3)34-15-22(28)23(29)30)27-25(32)33-14-21-19-12-8-6-10-17(19)18-11-7-9-13-20(18)21/h6-13,16,21-22H,4-5,14-15H2,1-3H3,(H,27,32)(H,29,30). The van der Waals surface area contributed by atoms with Crippen molar-refractivity contribution in [3.63, 3.8) is 0 Å². The first-order valence-corrected chi connectivity index (χ1v) is 12.7. The molecule has 7 nitrogen and oxygen atoms in total. The summed E-state index contributed by atoms with van der Waals surface area (Å²) in [4.78, 5) is 39.6. The molecule has 0 aromatic heterocycles. The number of carbonyl (C=O) groups excluding carboxylic acids is 2. The molecule has 0 radical (unpaired) electrons. The minimum absolute atomic E-state index is 0.0853. The summed E-state index contributed by atoms with van der Waals surface area (Å²) in [6.07, 6.45) is -0.0234. The number of carboxylic acids is 1. The van der Waals surface area contributed by atoms with Gasteiger partial charge >= 0.3 is 12.1 Å². The molecule has 1 aliphatic carbocycles. The molecule has 2 aromatic carbocycles. The number of hydrogen-bond donors (Lipinski definition) is 2. The zero-order valence-electron chi connectivity index (χ0n) is 19.6. The highest BCUT2D eigenvalue weighted by molar-refractivity contribution is 8.00. The van der Waals surface area contributed by atoms with Crippen LogP contribution in [0.1, 0.15) is 50.7 Å². The highest BCUT2D eigenvalue weighted by atomic mass is 32.2. The maximum atomic E-state index is 13.6. The Bertz CT molecular complexity index is 1050. The lowest BCUT2D eigenvalue weighted by Crippen LogP contribution is -2.62. The Morgan fingerprint density at radius 2 is 1.62 bits per heavy atom. The van der Waals surface area contributed by atoms with Crippen LogP contribution in [0.15, 0.2) is 48.5 Å². The topological polar surface area (TPSA) is 95.9 Å². The first-order chi connectivity index (χ1) is 16.3. The summed E-state index contributed by atoms with van der Waals surface area (Å²) in [5, 5.41) is 12.1. The Morgan fingerprint density at radius 3 is 2.15 bits per heavy atom. The fourth-order valence-electron chi connectivity index (χ4n) is 5.00. The number of carboxylic acid groups (broad SMARTS) is 1. The van der Waals surface area contributed by atoms with Gasteiger partial charge in [0.2, 0.25) is 5.91 Å². The molecule has 2 N–H and O–H groups in total. The lowest BCUT2D eigenvalue weighted by atomic mass is 9.90. The Kier molecular flexibility index (Phi) is 6.89. The molecule has 180 valence electrons. The summed E-state index contributed by atoms with van der Waals surface area (Å²) in [6.45, 7) is 5.59. The zero-order valence-corrected chi connectivity index (χ0v) is 20.4. The Morgan fingerprint density at radius 1 is 1.06 bits per heavy atom. The van der Waals surface area contributed by atoms with Gasteiger partial charge in [0.05, 0.1) is 5.37 Å². The van der Waals surface area contributed by atoms with E-state index in [-0.39, 0.29) is 23.8 Å². The first kappa shape index (κ1) is 24.1. The van der Waals surface area contributed by atoms with E-state index in [0.717, 1.165) is 22.3 Å². The fraction of sp³-hybridized carbons (Fsp3) is 0.423. The third-order valence-corrected chi connectivity index (χ3v) is 8.26. The molecular weight excluding hydrogens is 452 g/mol. The zero-order chi connectivity index (χ0) is 24.5. The van der Waals surface area contributed by atoms with Crippen molar-refractivity contribution in [3.05, 3.63) is 59.7 Å². The molecule has 2 atom stereocenters. The summed E-state index contributed by atoms with van der Waals surface area (Å²) >= 11 is 1.42. The van der Waals surface area contributed by atoms with E-state index in [1.807, 2.05) is 57.2 Å². The van der Waals surface area contributed by atoms with Crippen molar-refractivity contribution in [2.24, 2.45) is 0 Å². The van der Waals surface area contributed by atoms with Gasteiger partial charge in [0.1, 0.15) is 18.2 Å². The third kappa shape index (κ3) is 4.15. The first-order valence-electron chi connectivity index (χ1n) is 11.6. The van der Waals surface area contributed by atoms with Gasteiger partial charge in [-0.05, 0) is 42.0 Å².